The second kappa shape index (κ2) is 1.72. The van der Waals surface area contributed by atoms with Gasteiger partial charge >= 0.3 is 0 Å². The molecule has 2 N–H and O–H groups in total. The molecule has 0 amide bonds. The van der Waals surface area contributed by atoms with Crippen molar-refractivity contribution in [3.63, 3.8) is 0 Å². The molecule has 0 saturated heterocycles. The van der Waals surface area contributed by atoms with E-state index in [0.29, 0.717) is 5.69 Å². The molecule has 1 aliphatic carbocycles. The Morgan fingerprint density at radius 2 is 2.30 bits per heavy atom. The Morgan fingerprint density at radius 3 is 3.20 bits per heavy atom. The fourth-order valence-electron chi connectivity index (χ4n) is 0.956. The minimum atomic E-state index is 0.701. The van der Waals surface area contributed by atoms with Crippen molar-refractivity contribution < 1.29 is 0 Å². The van der Waals surface area contributed by atoms with Crippen LogP contribution in [0.2, 0.25) is 0 Å². The summed E-state index contributed by atoms with van der Waals surface area (Å²) < 4.78 is 0. The van der Waals surface area contributed by atoms with Gasteiger partial charge in [0.15, 0.2) is 0 Å². The van der Waals surface area contributed by atoms with Crippen molar-refractivity contribution in [3.05, 3.63) is 29.3 Å². The third-order valence-corrected chi connectivity index (χ3v) is 1.43. The van der Waals surface area contributed by atoms with Crippen LogP contribution < -0.4 is 5.73 Å². The van der Waals surface area contributed by atoms with Crippen molar-refractivity contribution in [2.75, 3.05) is 5.73 Å². The molecule has 0 aliphatic heterocycles. The molecule has 2 nitrogen and oxygen atoms in total. The van der Waals surface area contributed by atoms with Gasteiger partial charge in [-0.2, -0.15) is 0 Å². The predicted molar refractivity (Wildman–Crippen MR) is 41.1 cm³/mol. The number of aromatic nitrogens is 1. The first-order valence-corrected chi connectivity index (χ1v) is 3.04. The number of hydrogen-bond donors (Lipinski definition) is 1. The number of nitrogens with two attached hydrogens (primary N) is 1. The van der Waals surface area contributed by atoms with Crippen LogP contribution in [0.5, 0.6) is 0 Å². The normalized spacial score (nSPS) is 12.0. The minimum Gasteiger partial charge on any atom is -0.397 e. The van der Waals surface area contributed by atoms with Crippen LogP contribution in [-0.2, 0) is 0 Å². The van der Waals surface area contributed by atoms with Crippen LogP contribution in [0, 0.1) is 0 Å². The summed E-state index contributed by atoms with van der Waals surface area (Å²) in [6.07, 6.45) is 5.36. The highest BCUT2D eigenvalue weighted by Gasteiger charge is 2.00. The second-order valence-corrected chi connectivity index (χ2v) is 2.20. The van der Waals surface area contributed by atoms with Gasteiger partial charge in [0.25, 0.3) is 0 Å². The summed E-state index contributed by atoms with van der Waals surface area (Å²) in [5.41, 5.74) is 11.2. The Bertz CT molecular complexity index is 333. The van der Waals surface area contributed by atoms with Crippen molar-refractivity contribution in [1.82, 2.24) is 4.98 Å². The zero-order valence-electron chi connectivity index (χ0n) is 5.33. The number of pyridine rings is 1. The van der Waals surface area contributed by atoms with E-state index in [1.54, 1.807) is 6.20 Å². The van der Waals surface area contributed by atoms with E-state index in [-0.39, 0.29) is 0 Å². The number of anilines is 1. The number of nitrogens with zero attached hydrogens (tertiary/aromatic N) is 1. The van der Waals surface area contributed by atoms with Crippen LogP contribution in [0.1, 0.15) is 11.3 Å². The molecule has 1 aromatic heterocycles. The third kappa shape index (κ3) is 0.634. The molecule has 0 unspecified atom stereocenters. The van der Waals surface area contributed by atoms with E-state index in [9.17, 15) is 0 Å². The number of rotatable bonds is 0. The van der Waals surface area contributed by atoms with Gasteiger partial charge in [0.2, 0.25) is 0 Å². The molecule has 48 valence electrons. The van der Waals surface area contributed by atoms with Gasteiger partial charge in [-0.25, -0.2) is 0 Å². The van der Waals surface area contributed by atoms with E-state index in [1.807, 2.05) is 18.2 Å². The van der Waals surface area contributed by atoms with Crippen molar-refractivity contribution in [2.24, 2.45) is 0 Å². The molecule has 0 spiro atoms. The lowest BCUT2D eigenvalue weighted by Crippen LogP contribution is -1.89. The molecule has 10 heavy (non-hydrogen) atoms. The van der Waals surface area contributed by atoms with Crippen LogP contribution in [-0.4, -0.2) is 4.98 Å². The summed E-state index contributed by atoms with van der Waals surface area (Å²) in [6, 6.07) is 1.89. The summed E-state index contributed by atoms with van der Waals surface area (Å²) >= 11 is 0. The summed E-state index contributed by atoms with van der Waals surface area (Å²) in [4.78, 5) is 4.08. The van der Waals surface area contributed by atoms with E-state index in [1.165, 1.54) is 0 Å². The molecule has 0 bridgehead atoms. The largest absolute Gasteiger partial charge is 0.397 e. The van der Waals surface area contributed by atoms with Crippen LogP contribution in [0.3, 0.4) is 0 Å². The number of fused-ring (bicyclic) bond motifs is 1. The first-order valence-electron chi connectivity index (χ1n) is 3.04. The topological polar surface area (TPSA) is 38.9 Å². The predicted octanol–water partition coefficient (Wildman–Crippen LogP) is 1.30. The Kier molecular flexibility index (Phi) is 0.908. The van der Waals surface area contributed by atoms with Gasteiger partial charge in [0, 0.05) is 11.6 Å². The standard InChI is InChI=1S/C8H6N2/c9-7-4-6-2-1-3-8(6)10-5-7/h2-5H,9H2. The fraction of sp³-hybridized carbons (Fsp3) is 0. The van der Waals surface area contributed by atoms with Crippen LogP contribution in [0.4, 0.5) is 5.69 Å². The third-order valence-electron chi connectivity index (χ3n) is 1.43. The van der Waals surface area contributed by atoms with E-state index in [0.717, 1.165) is 11.3 Å². The smallest absolute Gasteiger partial charge is 0.0786 e. The molecular formula is C8H6N2. The number of hydrogen-bond acceptors (Lipinski definition) is 2. The molecular weight excluding hydrogens is 124 g/mol. The fourth-order valence-corrected chi connectivity index (χ4v) is 0.956. The SMILES string of the molecule is Nc1cnc2c(c1)C=C=C2. The molecule has 0 radical (unpaired) electrons. The minimum absolute atomic E-state index is 0.701. The maximum absolute atomic E-state index is 5.51. The summed E-state index contributed by atoms with van der Waals surface area (Å²) in [5, 5.41) is 0. The molecule has 0 aromatic carbocycles. The van der Waals surface area contributed by atoms with E-state index in [2.05, 4.69) is 10.7 Å². The van der Waals surface area contributed by atoms with Gasteiger partial charge in [0.1, 0.15) is 0 Å². The van der Waals surface area contributed by atoms with Crippen molar-refractivity contribution in [1.29, 1.82) is 0 Å². The molecule has 2 heteroatoms. The van der Waals surface area contributed by atoms with Gasteiger partial charge in [-0.1, -0.05) is 0 Å². The summed E-state index contributed by atoms with van der Waals surface area (Å²) in [7, 11) is 0. The zero-order valence-corrected chi connectivity index (χ0v) is 5.33. The van der Waals surface area contributed by atoms with Crippen LogP contribution in [0.15, 0.2) is 18.0 Å². The van der Waals surface area contributed by atoms with Gasteiger partial charge in [-0.15, -0.1) is 5.73 Å². The highest BCUT2D eigenvalue weighted by Crippen LogP contribution is 2.16. The molecule has 0 saturated carbocycles. The van der Waals surface area contributed by atoms with Crippen LogP contribution >= 0.6 is 0 Å². The molecule has 2 rings (SSSR count). The Hall–Kier alpha value is -1.53. The monoisotopic (exact) mass is 130 g/mol. The molecule has 0 fully saturated rings. The van der Waals surface area contributed by atoms with Gasteiger partial charge in [-0.05, 0) is 12.1 Å². The second-order valence-electron chi connectivity index (χ2n) is 2.20. The molecule has 0 atom stereocenters. The summed E-state index contributed by atoms with van der Waals surface area (Å²) in [5.74, 6) is 0. The summed E-state index contributed by atoms with van der Waals surface area (Å²) in [6.45, 7) is 0. The van der Waals surface area contributed by atoms with E-state index < -0.39 is 0 Å². The Morgan fingerprint density at radius 1 is 1.40 bits per heavy atom. The van der Waals surface area contributed by atoms with Gasteiger partial charge in [-0.3, -0.25) is 4.98 Å². The van der Waals surface area contributed by atoms with E-state index in [4.69, 9.17) is 5.73 Å². The lowest BCUT2D eigenvalue weighted by molar-refractivity contribution is 1.29. The average Bonchev–Trinajstić information content (AvgIpc) is 2.33. The first-order chi connectivity index (χ1) is 4.86. The van der Waals surface area contributed by atoms with Crippen molar-refractivity contribution in [3.8, 4) is 0 Å². The van der Waals surface area contributed by atoms with Crippen molar-refractivity contribution in [2.45, 2.75) is 0 Å². The van der Waals surface area contributed by atoms with E-state index >= 15 is 0 Å². The quantitative estimate of drug-likeness (QED) is 0.546. The molecule has 1 heterocycles. The lowest BCUT2D eigenvalue weighted by Gasteiger charge is -1.95. The highest BCUT2D eigenvalue weighted by atomic mass is 14.7. The maximum atomic E-state index is 5.51. The molecule has 1 aromatic rings. The highest BCUT2D eigenvalue weighted by molar-refractivity contribution is 5.72. The average molecular weight is 130 g/mol. The zero-order chi connectivity index (χ0) is 6.97. The first kappa shape index (κ1) is 5.27. The van der Waals surface area contributed by atoms with Gasteiger partial charge in [0.05, 0.1) is 17.6 Å². The van der Waals surface area contributed by atoms with Gasteiger partial charge < -0.3 is 5.73 Å². The maximum Gasteiger partial charge on any atom is 0.0786 e. The number of nitrogen functional groups attached to an aromatic ring is 1. The van der Waals surface area contributed by atoms with Crippen molar-refractivity contribution >= 4 is 17.8 Å². The van der Waals surface area contributed by atoms with Crippen LogP contribution in [0.25, 0.3) is 12.2 Å². The Labute approximate surface area is 58.7 Å². The molecule has 1 aliphatic rings. The lowest BCUT2D eigenvalue weighted by atomic mass is 10.2. The Balaban J connectivity index is 2.67.